The lowest BCUT2D eigenvalue weighted by molar-refractivity contribution is -0.274. The summed E-state index contributed by atoms with van der Waals surface area (Å²) in [4.78, 5) is 20.4. The fourth-order valence-corrected chi connectivity index (χ4v) is 5.95. The molecule has 6 rings (SSSR count). The summed E-state index contributed by atoms with van der Waals surface area (Å²) in [5, 5.41) is 14.5. The van der Waals surface area contributed by atoms with Gasteiger partial charge in [-0.2, -0.15) is 5.21 Å². The Labute approximate surface area is 247 Å². The number of rotatable bonds is 9. The fraction of sp³-hybridized carbons (Fsp3) is 0.344. The average molecular weight is 589 g/mol. The first-order valence-corrected chi connectivity index (χ1v) is 14.5. The van der Waals surface area contributed by atoms with Crippen LogP contribution >= 0.6 is 0 Å². The molecule has 0 atom stereocenters. The summed E-state index contributed by atoms with van der Waals surface area (Å²) in [6, 6.07) is 19.4. The predicted molar refractivity (Wildman–Crippen MR) is 156 cm³/mol. The number of benzene rings is 3. The number of ether oxygens (including phenoxy) is 1. The highest BCUT2D eigenvalue weighted by atomic mass is 19.4. The number of hydrogen-bond acceptors (Lipinski definition) is 6. The number of amidine groups is 1. The number of H-pyrrole nitrogens is 1. The third-order valence-electron chi connectivity index (χ3n) is 8.12. The molecule has 1 aliphatic carbocycles. The van der Waals surface area contributed by atoms with E-state index in [0.29, 0.717) is 12.4 Å². The molecule has 11 heteroatoms. The Morgan fingerprint density at radius 1 is 0.930 bits per heavy atom. The first-order chi connectivity index (χ1) is 20.7. The summed E-state index contributed by atoms with van der Waals surface area (Å²) in [5.41, 5.74) is 4.41. The van der Waals surface area contributed by atoms with Crippen molar-refractivity contribution in [2.24, 2.45) is 4.99 Å². The summed E-state index contributed by atoms with van der Waals surface area (Å²) in [6.07, 6.45) is 1.79. The Kier molecular flexibility index (Phi) is 7.72. The molecule has 0 radical (unpaired) electrons. The van der Waals surface area contributed by atoms with Gasteiger partial charge < -0.3 is 4.74 Å². The minimum absolute atomic E-state index is 0.124. The molecule has 4 aromatic rings. The van der Waals surface area contributed by atoms with Crippen LogP contribution in [0, 0.1) is 0 Å². The highest BCUT2D eigenvalue weighted by Crippen LogP contribution is 2.40. The van der Waals surface area contributed by atoms with Crippen molar-refractivity contribution in [3.63, 3.8) is 0 Å². The van der Waals surface area contributed by atoms with E-state index in [9.17, 15) is 18.0 Å². The van der Waals surface area contributed by atoms with Crippen molar-refractivity contribution in [2.75, 3.05) is 0 Å². The molecule has 0 saturated heterocycles. The summed E-state index contributed by atoms with van der Waals surface area (Å²) in [5.74, 6) is 1.16. The highest BCUT2D eigenvalue weighted by Gasteiger charge is 2.49. The van der Waals surface area contributed by atoms with E-state index in [0.717, 1.165) is 84.2 Å². The van der Waals surface area contributed by atoms with Gasteiger partial charge in [-0.05, 0) is 76.6 Å². The van der Waals surface area contributed by atoms with Crippen molar-refractivity contribution in [1.29, 1.82) is 0 Å². The number of hydrogen-bond donors (Lipinski definition) is 1. The molecule has 222 valence electrons. The van der Waals surface area contributed by atoms with Crippen LogP contribution in [0.5, 0.6) is 5.75 Å². The summed E-state index contributed by atoms with van der Waals surface area (Å²) in [7, 11) is 0. The number of alkyl halides is 3. The van der Waals surface area contributed by atoms with Gasteiger partial charge in [0, 0.05) is 12.0 Å². The number of tetrazole rings is 1. The Hall–Kier alpha value is -4.54. The quantitative estimate of drug-likeness (QED) is 0.221. The largest absolute Gasteiger partial charge is 0.573 e. The van der Waals surface area contributed by atoms with Crippen LogP contribution in [0.15, 0.2) is 71.7 Å². The topological polar surface area (TPSA) is 96.4 Å². The van der Waals surface area contributed by atoms with Crippen LogP contribution in [0.2, 0.25) is 0 Å². The molecule has 1 amide bonds. The first-order valence-electron chi connectivity index (χ1n) is 14.5. The van der Waals surface area contributed by atoms with Gasteiger partial charge in [-0.15, -0.1) is 23.4 Å². The Bertz CT molecular complexity index is 1610. The molecule has 1 aliphatic heterocycles. The number of carbonyl (C=O) groups excluding carboxylic acids is 1. The first kappa shape index (κ1) is 28.6. The van der Waals surface area contributed by atoms with Gasteiger partial charge >= 0.3 is 6.36 Å². The standard InChI is InChI=1S/C32H31F3N6O2/c1-2-3-6-28-36-31(17-4-5-18-31)30(42)41(28)20-21-7-9-23(10-8-21)27-19-24(13-16-26(27)29-37-39-40-38-29)22-11-14-25(15-12-22)43-32(33,34)35/h7-16,19H,2-6,17-18,20H2,1H3,(H,37,38,39,40). The number of carbonyl (C=O) groups is 1. The van der Waals surface area contributed by atoms with E-state index in [1.807, 2.05) is 47.4 Å². The van der Waals surface area contributed by atoms with Crippen molar-refractivity contribution in [2.45, 2.75) is 70.3 Å². The number of nitrogens with zero attached hydrogens (tertiary/aromatic N) is 5. The zero-order chi connectivity index (χ0) is 30.0. The molecule has 1 spiro atoms. The normalized spacial score (nSPS) is 16.2. The maximum absolute atomic E-state index is 13.6. The molecule has 0 unspecified atom stereocenters. The van der Waals surface area contributed by atoms with E-state index >= 15 is 0 Å². The maximum Gasteiger partial charge on any atom is 0.573 e. The molecule has 0 bridgehead atoms. The van der Waals surface area contributed by atoms with Gasteiger partial charge in [0.1, 0.15) is 17.1 Å². The fourth-order valence-electron chi connectivity index (χ4n) is 5.95. The number of halogens is 3. The van der Waals surface area contributed by atoms with E-state index in [1.165, 1.54) is 12.1 Å². The zero-order valence-corrected chi connectivity index (χ0v) is 23.7. The number of aromatic amines is 1. The van der Waals surface area contributed by atoms with E-state index in [4.69, 9.17) is 4.99 Å². The molecule has 8 nitrogen and oxygen atoms in total. The highest BCUT2D eigenvalue weighted by molar-refractivity contribution is 6.08. The Morgan fingerprint density at radius 3 is 2.28 bits per heavy atom. The molecular weight excluding hydrogens is 557 g/mol. The van der Waals surface area contributed by atoms with Crippen molar-refractivity contribution in [3.05, 3.63) is 72.3 Å². The second-order valence-corrected chi connectivity index (χ2v) is 11.0. The summed E-state index contributed by atoms with van der Waals surface area (Å²) >= 11 is 0. The Morgan fingerprint density at radius 2 is 1.63 bits per heavy atom. The zero-order valence-electron chi connectivity index (χ0n) is 23.7. The van der Waals surface area contributed by atoms with E-state index < -0.39 is 11.9 Å². The van der Waals surface area contributed by atoms with Gasteiger partial charge in [0.2, 0.25) is 5.82 Å². The monoisotopic (exact) mass is 588 g/mol. The van der Waals surface area contributed by atoms with Gasteiger partial charge in [0.15, 0.2) is 0 Å². The van der Waals surface area contributed by atoms with Crippen LogP contribution in [0.1, 0.15) is 57.4 Å². The molecule has 1 aromatic heterocycles. The van der Waals surface area contributed by atoms with Crippen LogP contribution in [-0.2, 0) is 11.3 Å². The maximum atomic E-state index is 13.6. The van der Waals surface area contributed by atoms with Crippen LogP contribution in [0.3, 0.4) is 0 Å². The van der Waals surface area contributed by atoms with Crippen LogP contribution in [0.25, 0.3) is 33.6 Å². The lowest BCUT2D eigenvalue weighted by Gasteiger charge is -2.23. The molecule has 1 N–H and O–H groups in total. The number of unbranched alkanes of at least 4 members (excludes halogenated alkanes) is 1. The molecule has 1 saturated carbocycles. The van der Waals surface area contributed by atoms with Gasteiger partial charge in [-0.1, -0.05) is 68.7 Å². The van der Waals surface area contributed by atoms with Crippen molar-refractivity contribution in [3.8, 4) is 39.4 Å². The Balaban J connectivity index is 1.28. The smallest absolute Gasteiger partial charge is 0.406 e. The van der Waals surface area contributed by atoms with Crippen molar-refractivity contribution >= 4 is 11.7 Å². The number of aromatic nitrogens is 4. The van der Waals surface area contributed by atoms with E-state index in [2.05, 4.69) is 32.3 Å². The molecule has 3 aromatic carbocycles. The van der Waals surface area contributed by atoms with Crippen LogP contribution < -0.4 is 4.74 Å². The molecule has 2 heterocycles. The lowest BCUT2D eigenvalue weighted by atomic mass is 9.93. The summed E-state index contributed by atoms with van der Waals surface area (Å²) < 4.78 is 41.9. The van der Waals surface area contributed by atoms with E-state index in [-0.39, 0.29) is 11.7 Å². The van der Waals surface area contributed by atoms with Crippen molar-refractivity contribution in [1.82, 2.24) is 25.5 Å². The van der Waals surface area contributed by atoms with Gasteiger partial charge in [-0.3, -0.25) is 14.7 Å². The average Bonchev–Trinajstić information content (AvgIpc) is 3.75. The summed E-state index contributed by atoms with van der Waals surface area (Å²) in [6.45, 7) is 2.61. The molecular formula is C32H31F3N6O2. The molecule has 2 aliphatic rings. The van der Waals surface area contributed by atoms with E-state index in [1.54, 1.807) is 12.1 Å². The SMILES string of the molecule is CCCCC1=NC2(CCCC2)C(=O)N1Cc1ccc(-c2cc(-c3ccc(OC(F)(F)F)cc3)ccc2-c2nn[nH]n2)cc1. The third-order valence-corrected chi connectivity index (χ3v) is 8.12. The van der Waals surface area contributed by atoms with Crippen molar-refractivity contribution < 1.29 is 22.7 Å². The van der Waals surface area contributed by atoms with Gasteiger partial charge in [0.25, 0.3) is 5.91 Å². The second kappa shape index (κ2) is 11.6. The van der Waals surface area contributed by atoms with Crippen LogP contribution in [-0.4, -0.2) is 49.2 Å². The number of amides is 1. The van der Waals surface area contributed by atoms with Gasteiger partial charge in [-0.25, -0.2) is 0 Å². The number of aliphatic imine (C=N–C) groups is 1. The van der Waals surface area contributed by atoms with Crippen LogP contribution in [0.4, 0.5) is 13.2 Å². The van der Waals surface area contributed by atoms with Gasteiger partial charge in [0.05, 0.1) is 6.54 Å². The predicted octanol–water partition coefficient (Wildman–Crippen LogP) is 7.34. The third kappa shape index (κ3) is 6.02. The minimum Gasteiger partial charge on any atom is -0.406 e. The lowest BCUT2D eigenvalue weighted by Crippen LogP contribution is -2.40. The molecule has 1 fully saturated rings. The second-order valence-electron chi connectivity index (χ2n) is 11.0. The number of nitrogens with one attached hydrogen (secondary N) is 1. The molecule has 43 heavy (non-hydrogen) atoms. The minimum atomic E-state index is -4.75.